The van der Waals surface area contributed by atoms with Gasteiger partial charge in [0.1, 0.15) is 5.54 Å². The highest BCUT2D eigenvalue weighted by Gasteiger charge is 2.42. The molecule has 4 unspecified atom stereocenters. The van der Waals surface area contributed by atoms with Crippen molar-refractivity contribution in [3.05, 3.63) is 0 Å². The summed E-state index contributed by atoms with van der Waals surface area (Å²) in [7, 11) is 4.26. The fourth-order valence-corrected chi connectivity index (χ4v) is 3.62. The van der Waals surface area contributed by atoms with Crippen LogP contribution in [-0.2, 0) is 4.79 Å². The van der Waals surface area contributed by atoms with Crippen LogP contribution < -0.4 is 5.32 Å². The van der Waals surface area contributed by atoms with Gasteiger partial charge in [-0.15, -0.1) is 0 Å². The largest absolute Gasteiger partial charge is 0.480 e. The Kier molecular flexibility index (Phi) is 4.96. The van der Waals surface area contributed by atoms with Crippen LogP contribution in [0.25, 0.3) is 0 Å². The minimum absolute atomic E-state index is 0.282. The first-order chi connectivity index (χ1) is 9.73. The van der Waals surface area contributed by atoms with E-state index in [4.69, 9.17) is 0 Å². The van der Waals surface area contributed by atoms with E-state index in [9.17, 15) is 9.90 Å². The lowest BCUT2D eigenvalue weighted by Gasteiger charge is -2.34. The summed E-state index contributed by atoms with van der Waals surface area (Å²) in [6.07, 6.45) is 2.88. The fraction of sp³-hybridized carbons (Fsp3) is 0.938. The van der Waals surface area contributed by atoms with E-state index in [-0.39, 0.29) is 6.04 Å². The number of nitrogens with zero attached hydrogens (tertiary/aromatic N) is 2. The van der Waals surface area contributed by atoms with Crippen molar-refractivity contribution in [2.24, 2.45) is 5.92 Å². The number of hydrogen-bond acceptors (Lipinski definition) is 4. The van der Waals surface area contributed by atoms with Crippen LogP contribution in [0, 0.1) is 5.92 Å². The first kappa shape index (κ1) is 16.7. The minimum atomic E-state index is -0.806. The maximum atomic E-state index is 11.7. The van der Waals surface area contributed by atoms with E-state index in [2.05, 4.69) is 43.1 Å². The molecule has 1 aliphatic carbocycles. The van der Waals surface area contributed by atoms with Gasteiger partial charge in [0.05, 0.1) is 0 Å². The van der Waals surface area contributed by atoms with E-state index in [1.54, 1.807) is 0 Å². The zero-order valence-corrected chi connectivity index (χ0v) is 14.1. The number of aliphatic carboxylic acids is 1. The number of hydrogen-bond donors (Lipinski definition) is 2. The quantitative estimate of drug-likeness (QED) is 0.740. The second-order valence-electron chi connectivity index (χ2n) is 7.57. The molecule has 122 valence electrons. The molecule has 2 rings (SSSR count). The highest BCUT2D eigenvalue weighted by Crippen LogP contribution is 2.28. The molecule has 4 atom stereocenters. The molecule has 2 aliphatic rings. The predicted octanol–water partition coefficient (Wildman–Crippen LogP) is 1.24. The van der Waals surface area contributed by atoms with E-state index in [1.165, 1.54) is 0 Å². The molecule has 0 aromatic carbocycles. The lowest BCUT2D eigenvalue weighted by atomic mass is 9.92. The van der Waals surface area contributed by atoms with Crippen molar-refractivity contribution in [2.75, 3.05) is 27.2 Å². The molecule has 0 aromatic heterocycles. The molecule has 2 N–H and O–H groups in total. The van der Waals surface area contributed by atoms with Gasteiger partial charge < -0.3 is 10.0 Å². The van der Waals surface area contributed by atoms with Crippen LogP contribution in [0.1, 0.15) is 40.0 Å². The smallest absolute Gasteiger partial charge is 0.323 e. The average molecular weight is 297 g/mol. The Bertz CT molecular complexity index is 384. The van der Waals surface area contributed by atoms with E-state index >= 15 is 0 Å². The molecule has 2 fully saturated rings. The van der Waals surface area contributed by atoms with Crippen molar-refractivity contribution in [2.45, 2.75) is 63.7 Å². The molecular formula is C16H31N3O2. The first-order valence-electron chi connectivity index (χ1n) is 8.14. The summed E-state index contributed by atoms with van der Waals surface area (Å²) in [5.74, 6) is -0.0902. The van der Waals surface area contributed by atoms with E-state index in [0.29, 0.717) is 24.4 Å². The van der Waals surface area contributed by atoms with Crippen LogP contribution in [0.15, 0.2) is 0 Å². The average Bonchev–Trinajstić information content (AvgIpc) is 3.07. The van der Waals surface area contributed by atoms with Crippen molar-refractivity contribution in [1.29, 1.82) is 0 Å². The highest BCUT2D eigenvalue weighted by atomic mass is 16.4. The monoisotopic (exact) mass is 297 g/mol. The van der Waals surface area contributed by atoms with Crippen molar-refractivity contribution in [3.8, 4) is 0 Å². The van der Waals surface area contributed by atoms with Crippen LogP contribution in [-0.4, -0.2) is 71.7 Å². The Labute approximate surface area is 128 Å². The molecule has 1 saturated carbocycles. The van der Waals surface area contributed by atoms with Gasteiger partial charge in [-0.3, -0.25) is 15.0 Å². The first-order valence-corrected chi connectivity index (χ1v) is 8.14. The third-order valence-corrected chi connectivity index (χ3v) is 5.16. The van der Waals surface area contributed by atoms with Gasteiger partial charge in [-0.05, 0) is 53.1 Å². The lowest BCUT2D eigenvalue weighted by molar-refractivity contribution is -0.145. The Balaban J connectivity index is 1.96. The van der Waals surface area contributed by atoms with E-state index < -0.39 is 11.5 Å². The second kappa shape index (κ2) is 6.23. The van der Waals surface area contributed by atoms with Gasteiger partial charge in [0.2, 0.25) is 0 Å². The second-order valence-corrected chi connectivity index (χ2v) is 7.57. The summed E-state index contributed by atoms with van der Waals surface area (Å²) >= 11 is 0. The van der Waals surface area contributed by atoms with Gasteiger partial charge in [0, 0.05) is 31.2 Å². The molecule has 0 radical (unpaired) electrons. The molecule has 5 nitrogen and oxygen atoms in total. The Hall–Kier alpha value is -0.650. The van der Waals surface area contributed by atoms with Crippen molar-refractivity contribution >= 4 is 5.97 Å². The standard InChI is InChI=1S/C16H31N3O2/c1-11-9-19(10-14(11)18(4)5)12(2)8-16(3,15(20)21)17-13-6-7-13/h11-14,17H,6-10H2,1-5H3,(H,20,21). The Morgan fingerprint density at radius 3 is 2.48 bits per heavy atom. The van der Waals surface area contributed by atoms with Crippen molar-refractivity contribution in [1.82, 2.24) is 15.1 Å². The molecule has 1 aliphatic heterocycles. The normalized spacial score (nSPS) is 31.3. The minimum Gasteiger partial charge on any atom is -0.480 e. The SMILES string of the molecule is CC1CN(C(C)CC(C)(NC2CC2)C(=O)O)CC1N(C)C. The van der Waals surface area contributed by atoms with E-state index in [0.717, 1.165) is 25.9 Å². The van der Waals surface area contributed by atoms with Crippen LogP contribution in [0.3, 0.4) is 0 Å². The molecule has 0 aromatic rings. The van der Waals surface area contributed by atoms with Crippen molar-refractivity contribution < 1.29 is 9.90 Å². The summed E-state index contributed by atoms with van der Waals surface area (Å²) in [6.45, 7) is 8.39. The number of carbonyl (C=O) groups is 1. The van der Waals surface area contributed by atoms with Gasteiger partial charge in [0.25, 0.3) is 0 Å². The number of nitrogens with one attached hydrogen (secondary N) is 1. The van der Waals surface area contributed by atoms with Gasteiger partial charge in [0.15, 0.2) is 0 Å². The molecule has 1 saturated heterocycles. The molecule has 0 spiro atoms. The summed E-state index contributed by atoms with van der Waals surface area (Å²) in [4.78, 5) is 16.4. The number of likely N-dealkylation sites (N-methyl/N-ethyl adjacent to an activating group) is 1. The summed E-state index contributed by atoms with van der Waals surface area (Å²) in [5.41, 5.74) is -0.806. The zero-order chi connectivity index (χ0) is 15.8. The molecular weight excluding hydrogens is 266 g/mol. The van der Waals surface area contributed by atoms with Gasteiger partial charge in [-0.2, -0.15) is 0 Å². The highest BCUT2D eigenvalue weighted by molar-refractivity contribution is 5.78. The van der Waals surface area contributed by atoms with Crippen molar-refractivity contribution in [3.63, 3.8) is 0 Å². The number of carboxylic acid groups (broad SMARTS) is 1. The maximum absolute atomic E-state index is 11.7. The fourth-order valence-electron chi connectivity index (χ4n) is 3.62. The number of likely N-dealkylation sites (tertiary alicyclic amines) is 1. The Morgan fingerprint density at radius 2 is 2.05 bits per heavy atom. The predicted molar refractivity (Wildman–Crippen MR) is 84.5 cm³/mol. The maximum Gasteiger partial charge on any atom is 0.323 e. The van der Waals surface area contributed by atoms with Gasteiger partial charge in [-0.1, -0.05) is 6.92 Å². The van der Waals surface area contributed by atoms with Crippen LogP contribution >= 0.6 is 0 Å². The molecule has 21 heavy (non-hydrogen) atoms. The number of rotatable bonds is 7. The van der Waals surface area contributed by atoms with Gasteiger partial charge >= 0.3 is 5.97 Å². The van der Waals surface area contributed by atoms with Gasteiger partial charge in [-0.25, -0.2) is 0 Å². The van der Waals surface area contributed by atoms with Crippen LogP contribution in [0.2, 0.25) is 0 Å². The van der Waals surface area contributed by atoms with Crippen LogP contribution in [0.5, 0.6) is 0 Å². The summed E-state index contributed by atoms with van der Waals surface area (Å²) < 4.78 is 0. The molecule has 1 heterocycles. The number of carboxylic acids is 1. The summed E-state index contributed by atoms with van der Waals surface area (Å²) in [5, 5.41) is 12.9. The third-order valence-electron chi connectivity index (χ3n) is 5.16. The topological polar surface area (TPSA) is 55.8 Å². The molecule has 5 heteroatoms. The third kappa shape index (κ3) is 3.96. The van der Waals surface area contributed by atoms with E-state index in [1.807, 2.05) is 6.92 Å². The summed E-state index contributed by atoms with van der Waals surface area (Å²) in [6, 6.07) is 1.26. The zero-order valence-electron chi connectivity index (χ0n) is 14.1. The molecule has 0 amide bonds. The lowest BCUT2D eigenvalue weighted by Crippen LogP contribution is -2.54. The Morgan fingerprint density at radius 1 is 1.43 bits per heavy atom. The van der Waals surface area contributed by atoms with Crippen LogP contribution in [0.4, 0.5) is 0 Å². The molecule has 0 bridgehead atoms.